The normalized spacial score (nSPS) is 10.6. The lowest BCUT2D eigenvalue weighted by atomic mass is 10.1. The number of pyridine rings is 1. The van der Waals surface area contributed by atoms with E-state index in [0.29, 0.717) is 16.5 Å². The molecule has 2 rings (SSSR count). The lowest BCUT2D eigenvalue weighted by Gasteiger charge is -2.06. The van der Waals surface area contributed by atoms with Gasteiger partial charge in [-0.2, -0.15) is 0 Å². The molecule has 0 spiro atoms. The largest absolute Gasteiger partial charge is 0.465 e. The molecule has 0 unspecified atom stereocenters. The number of hydrogen-bond donors (Lipinski definition) is 0. The van der Waals surface area contributed by atoms with E-state index < -0.39 is 5.97 Å². The molecule has 2 aromatic rings. The standard InChI is InChI=1S/C12H9ClFNO2/c1-6-3-7-10(4-9(6)14)15-5-8(11(7)13)12(16)17-2/h3-5H,1-2H3. The van der Waals surface area contributed by atoms with Crippen molar-refractivity contribution in [1.82, 2.24) is 4.98 Å². The number of methoxy groups -OCH3 is 1. The topological polar surface area (TPSA) is 39.2 Å². The smallest absolute Gasteiger partial charge is 0.340 e. The highest BCUT2D eigenvalue weighted by molar-refractivity contribution is 6.38. The monoisotopic (exact) mass is 253 g/mol. The first-order valence-corrected chi connectivity index (χ1v) is 5.25. The third-order valence-corrected chi connectivity index (χ3v) is 2.90. The van der Waals surface area contributed by atoms with Crippen molar-refractivity contribution in [3.8, 4) is 0 Å². The number of nitrogens with zero attached hydrogens (tertiary/aromatic N) is 1. The average molecular weight is 254 g/mol. The van der Waals surface area contributed by atoms with Crippen LogP contribution in [0.1, 0.15) is 15.9 Å². The van der Waals surface area contributed by atoms with Gasteiger partial charge >= 0.3 is 5.97 Å². The lowest BCUT2D eigenvalue weighted by molar-refractivity contribution is 0.0600. The zero-order valence-electron chi connectivity index (χ0n) is 9.25. The number of halogens is 2. The van der Waals surface area contributed by atoms with E-state index in [2.05, 4.69) is 9.72 Å². The molecule has 88 valence electrons. The first-order valence-electron chi connectivity index (χ1n) is 4.87. The first-order chi connectivity index (χ1) is 8.04. The number of carbonyl (C=O) groups excluding carboxylic acids is 1. The SMILES string of the molecule is COC(=O)c1cnc2cc(F)c(C)cc2c1Cl. The highest BCUT2D eigenvalue weighted by atomic mass is 35.5. The summed E-state index contributed by atoms with van der Waals surface area (Å²) in [5.74, 6) is -0.918. The zero-order chi connectivity index (χ0) is 12.6. The van der Waals surface area contributed by atoms with Gasteiger partial charge in [0.1, 0.15) is 5.82 Å². The summed E-state index contributed by atoms with van der Waals surface area (Å²) in [6, 6.07) is 2.85. The zero-order valence-corrected chi connectivity index (χ0v) is 10.0. The van der Waals surface area contributed by atoms with Crippen molar-refractivity contribution in [2.75, 3.05) is 7.11 Å². The molecule has 0 aliphatic heterocycles. The fraction of sp³-hybridized carbons (Fsp3) is 0.167. The van der Waals surface area contributed by atoms with E-state index in [1.54, 1.807) is 13.0 Å². The number of esters is 1. The summed E-state index contributed by atoms with van der Waals surface area (Å²) >= 11 is 6.08. The van der Waals surface area contributed by atoms with Gasteiger partial charge in [-0.25, -0.2) is 9.18 Å². The summed E-state index contributed by atoms with van der Waals surface area (Å²) in [5.41, 5.74) is 1.03. The Morgan fingerprint density at radius 1 is 1.47 bits per heavy atom. The number of carbonyl (C=O) groups is 1. The maximum absolute atomic E-state index is 13.3. The third kappa shape index (κ3) is 1.96. The number of hydrogen-bond acceptors (Lipinski definition) is 3. The van der Waals surface area contributed by atoms with Crippen LogP contribution in [-0.2, 0) is 4.74 Å². The van der Waals surface area contributed by atoms with Crippen LogP contribution in [0, 0.1) is 12.7 Å². The number of aryl methyl sites for hydroxylation is 1. The van der Waals surface area contributed by atoms with Crippen LogP contribution in [-0.4, -0.2) is 18.1 Å². The van der Waals surface area contributed by atoms with Crippen LogP contribution in [0.25, 0.3) is 10.9 Å². The Morgan fingerprint density at radius 2 is 2.18 bits per heavy atom. The maximum Gasteiger partial charge on any atom is 0.340 e. The molecule has 0 fully saturated rings. The van der Waals surface area contributed by atoms with E-state index >= 15 is 0 Å². The van der Waals surface area contributed by atoms with Gasteiger partial charge in [-0.3, -0.25) is 4.98 Å². The Bertz CT molecular complexity index is 613. The van der Waals surface area contributed by atoms with Gasteiger partial charge in [0, 0.05) is 17.6 Å². The van der Waals surface area contributed by atoms with Gasteiger partial charge in [-0.05, 0) is 18.6 Å². The molecule has 0 aliphatic rings. The summed E-state index contributed by atoms with van der Waals surface area (Å²) < 4.78 is 17.9. The molecule has 5 heteroatoms. The van der Waals surface area contributed by atoms with E-state index in [1.807, 2.05) is 0 Å². The van der Waals surface area contributed by atoms with E-state index in [0.717, 1.165) is 0 Å². The number of fused-ring (bicyclic) bond motifs is 1. The van der Waals surface area contributed by atoms with E-state index in [-0.39, 0.29) is 16.4 Å². The van der Waals surface area contributed by atoms with Crippen molar-refractivity contribution in [2.24, 2.45) is 0 Å². The molecule has 1 aromatic carbocycles. The van der Waals surface area contributed by atoms with Crippen LogP contribution < -0.4 is 0 Å². The number of rotatable bonds is 1. The van der Waals surface area contributed by atoms with Crippen LogP contribution in [0.5, 0.6) is 0 Å². The van der Waals surface area contributed by atoms with Crippen molar-refractivity contribution < 1.29 is 13.9 Å². The molecule has 0 N–H and O–H groups in total. The van der Waals surface area contributed by atoms with Crippen LogP contribution in [0.2, 0.25) is 5.02 Å². The maximum atomic E-state index is 13.3. The summed E-state index contributed by atoms with van der Waals surface area (Å²) in [6.45, 7) is 1.62. The predicted molar refractivity (Wildman–Crippen MR) is 62.8 cm³/mol. The van der Waals surface area contributed by atoms with Gasteiger partial charge in [-0.15, -0.1) is 0 Å². The molecular weight excluding hydrogens is 245 g/mol. The Labute approximate surface area is 102 Å². The lowest BCUT2D eigenvalue weighted by Crippen LogP contribution is -2.03. The third-order valence-electron chi connectivity index (χ3n) is 2.49. The summed E-state index contributed by atoms with van der Waals surface area (Å²) in [4.78, 5) is 15.4. The van der Waals surface area contributed by atoms with Gasteiger partial charge in [0.05, 0.1) is 23.2 Å². The second-order valence-electron chi connectivity index (χ2n) is 3.60. The fourth-order valence-corrected chi connectivity index (χ4v) is 1.82. The van der Waals surface area contributed by atoms with Crippen LogP contribution in [0.15, 0.2) is 18.3 Å². The van der Waals surface area contributed by atoms with Gasteiger partial charge < -0.3 is 4.74 Å². The Morgan fingerprint density at radius 3 is 2.82 bits per heavy atom. The second kappa shape index (κ2) is 4.30. The van der Waals surface area contributed by atoms with Gasteiger partial charge in [0.15, 0.2) is 0 Å². The van der Waals surface area contributed by atoms with Crippen molar-refractivity contribution in [1.29, 1.82) is 0 Å². The molecule has 0 bridgehead atoms. The Kier molecular flexibility index (Phi) is 2.98. The molecular formula is C12H9ClFNO2. The van der Waals surface area contributed by atoms with E-state index in [4.69, 9.17) is 11.6 Å². The summed E-state index contributed by atoms with van der Waals surface area (Å²) in [6.07, 6.45) is 1.28. The molecule has 0 amide bonds. The van der Waals surface area contributed by atoms with Crippen LogP contribution in [0.3, 0.4) is 0 Å². The van der Waals surface area contributed by atoms with E-state index in [1.165, 1.54) is 19.4 Å². The first kappa shape index (κ1) is 11.8. The molecule has 3 nitrogen and oxygen atoms in total. The molecule has 1 aromatic heterocycles. The number of benzene rings is 1. The molecule has 0 aliphatic carbocycles. The summed E-state index contributed by atoms with van der Waals surface area (Å²) in [7, 11) is 1.26. The van der Waals surface area contributed by atoms with Gasteiger partial charge in [0.25, 0.3) is 0 Å². The molecule has 0 radical (unpaired) electrons. The minimum absolute atomic E-state index is 0.174. The fourth-order valence-electron chi connectivity index (χ4n) is 1.54. The molecule has 0 saturated heterocycles. The summed E-state index contributed by atoms with van der Waals surface area (Å²) in [5, 5.41) is 0.762. The highest BCUT2D eigenvalue weighted by Crippen LogP contribution is 2.28. The minimum atomic E-state index is -0.564. The van der Waals surface area contributed by atoms with Crippen molar-refractivity contribution in [3.63, 3.8) is 0 Å². The van der Waals surface area contributed by atoms with Gasteiger partial charge in [0.2, 0.25) is 0 Å². The van der Waals surface area contributed by atoms with Gasteiger partial charge in [-0.1, -0.05) is 11.6 Å². The predicted octanol–water partition coefficient (Wildman–Crippen LogP) is 3.12. The Balaban J connectivity index is 2.75. The van der Waals surface area contributed by atoms with Crippen molar-refractivity contribution in [3.05, 3.63) is 40.3 Å². The Hall–Kier alpha value is -1.68. The average Bonchev–Trinajstić information content (AvgIpc) is 2.31. The number of aromatic nitrogens is 1. The van der Waals surface area contributed by atoms with Crippen molar-refractivity contribution in [2.45, 2.75) is 6.92 Å². The van der Waals surface area contributed by atoms with E-state index in [9.17, 15) is 9.18 Å². The molecule has 0 saturated carbocycles. The molecule has 0 atom stereocenters. The molecule has 1 heterocycles. The van der Waals surface area contributed by atoms with Crippen LogP contribution >= 0.6 is 11.6 Å². The molecule has 17 heavy (non-hydrogen) atoms. The highest BCUT2D eigenvalue weighted by Gasteiger charge is 2.15. The van der Waals surface area contributed by atoms with Crippen LogP contribution in [0.4, 0.5) is 4.39 Å². The van der Waals surface area contributed by atoms with Crippen molar-refractivity contribution >= 4 is 28.5 Å². The quantitative estimate of drug-likeness (QED) is 0.733. The minimum Gasteiger partial charge on any atom is -0.465 e. The number of ether oxygens (including phenoxy) is 1. The second-order valence-corrected chi connectivity index (χ2v) is 3.97.